The number of nitrogens with zero attached hydrogens (tertiary/aromatic N) is 2. The molecule has 2 aromatic rings. The van der Waals surface area contributed by atoms with E-state index in [0.29, 0.717) is 5.56 Å². The van der Waals surface area contributed by atoms with E-state index in [0.717, 1.165) is 21.7 Å². The third-order valence-electron chi connectivity index (χ3n) is 5.42. The van der Waals surface area contributed by atoms with Crippen molar-refractivity contribution in [3.05, 3.63) is 65.2 Å². The van der Waals surface area contributed by atoms with E-state index in [4.69, 9.17) is 0 Å². The molecule has 0 heterocycles. The fraction of sp³-hybridized carbons (Fsp3) is 0.400. The maximum atomic E-state index is 13.5. The number of hydrogen-bond donors (Lipinski definition) is 1. The van der Waals surface area contributed by atoms with Crippen molar-refractivity contribution in [2.75, 3.05) is 17.1 Å². The summed E-state index contributed by atoms with van der Waals surface area (Å²) in [6, 6.07) is 12.7. The average Bonchev–Trinajstić information content (AvgIpc) is 2.75. The van der Waals surface area contributed by atoms with Crippen molar-refractivity contribution in [3.8, 4) is 0 Å². The van der Waals surface area contributed by atoms with Crippen LogP contribution in [0.25, 0.3) is 0 Å². The molecule has 0 bridgehead atoms. The Hall–Kier alpha value is -3.20. The predicted octanol–water partition coefficient (Wildman–Crippen LogP) is 2.91. The van der Waals surface area contributed by atoms with E-state index in [2.05, 4.69) is 5.32 Å². The molecule has 0 aliphatic rings. The van der Waals surface area contributed by atoms with Crippen LogP contribution in [0.5, 0.6) is 0 Å². The van der Waals surface area contributed by atoms with E-state index in [1.54, 1.807) is 19.1 Å². The molecule has 1 atom stereocenters. The molecular formula is C25H33N3O5S. The summed E-state index contributed by atoms with van der Waals surface area (Å²) in [6.45, 7) is 8.20. The molecule has 2 rings (SSSR count). The van der Waals surface area contributed by atoms with Crippen LogP contribution in [0.4, 0.5) is 5.69 Å². The molecular weight excluding hydrogens is 454 g/mol. The minimum absolute atomic E-state index is 0.118. The molecule has 0 aromatic heterocycles. The third-order valence-corrected chi connectivity index (χ3v) is 6.56. The molecule has 1 unspecified atom stereocenters. The minimum atomic E-state index is -3.86. The fourth-order valence-electron chi connectivity index (χ4n) is 3.45. The first-order valence-corrected chi connectivity index (χ1v) is 12.9. The largest absolute Gasteiger partial charge is 0.352 e. The molecule has 0 spiro atoms. The standard InChI is InChI=1S/C25H33N3O5S/c1-17(2)26-25(31)19(4)27(15-22-11-8-7-10-18(22)3)24(30)16-28(34(6,32)33)23-13-9-12-21(14-23)20(5)29/h7-14,17,19H,15-16H2,1-6H3,(H,26,31). The molecule has 1 N–H and O–H groups in total. The number of hydrogen-bond acceptors (Lipinski definition) is 5. The van der Waals surface area contributed by atoms with Crippen molar-refractivity contribution in [1.29, 1.82) is 0 Å². The maximum absolute atomic E-state index is 13.5. The van der Waals surface area contributed by atoms with Gasteiger partial charge in [0.25, 0.3) is 0 Å². The minimum Gasteiger partial charge on any atom is -0.352 e. The highest BCUT2D eigenvalue weighted by Crippen LogP contribution is 2.21. The number of nitrogens with one attached hydrogen (secondary N) is 1. The zero-order chi connectivity index (χ0) is 25.6. The van der Waals surface area contributed by atoms with E-state index >= 15 is 0 Å². The lowest BCUT2D eigenvalue weighted by Gasteiger charge is -2.32. The quantitative estimate of drug-likeness (QED) is 0.519. The van der Waals surface area contributed by atoms with Gasteiger partial charge in [-0.15, -0.1) is 0 Å². The summed E-state index contributed by atoms with van der Waals surface area (Å²) in [6.07, 6.45) is 1.00. The zero-order valence-corrected chi connectivity index (χ0v) is 21.3. The Bertz CT molecular complexity index is 1160. The molecule has 8 nitrogen and oxygen atoms in total. The number of anilines is 1. The van der Waals surface area contributed by atoms with Crippen molar-refractivity contribution in [2.24, 2.45) is 0 Å². The van der Waals surface area contributed by atoms with Crippen LogP contribution in [0.15, 0.2) is 48.5 Å². The lowest BCUT2D eigenvalue weighted by molar-refractivity contribution is -0.139. The van der Waals surface area contributed by atoms with Gasteiger partial charge in [-0.2, -0.15) is 0 Å². The van der Waals surface area contributed by atoms with Crippen LogP contribution in [0.2, 0.25) is 0 Å². The molecule has 0 radical (unpaired) electrons. The van der Waals surface area contributed by atoms with Crippen LogP contribution in [0.3, 0.4) is 0 Å². The molecule has 2 amide bonds. The van der Waals surface area contributed by atoms with Gasteiger partial charge in [0, 0.05) is 18.2 Å². The van der Waals surface area contributed by atoms with Gasteiger partial charge in [-0.3, -0.25) is 18.7 Å². The molecule has 0 aliphatic heterocycles. The van der Waals surface area contributed by atoms with Crippen molar-refractivity contribution >= 4 is 33.3 Å². The van der Waals surface area contributed by atoms with Crippen LogP contribution >= 0.6 is 0 Å². The highest BCUT2D eigenvalue weighted by Gasteiger charge is 2.30. The van der Waals surface area contributed by atoms with Crippen LogP contribution in [-0.4, -0.2) is 55.8 Å². The molecule has 2 aromatic carbocycles. The van der Waals surface area contributed by atoms with Gasteiger partial charge in [0.15, 0.2) is 5.78 Å². The summed E-state index contributed by atoms with van der Waals surface area (Å²) in [5, 5.41) is 2.81. The van der Waals surface area contributed by atoms with Crippen LogP contribution in [0, 0.1) is 6.92 Å². The summed E-state index contributed by atoms with van der Waals surface area (Å²) in [7, 11) is -3.86. The molecule has 184 valence electrons. The second-order valence-corrected chi connectivity index (χ2v) is 10.6. The SMILES string of the molecule is CC(=O)c1cccc(N(CC(=O)N(Cc2ccccc2C)C(C)C(=O)NC(C)C)S(C)(=O)=O)c1. The molecule has 0 aliphatic carbocycles. The Labute approximate surface area is 202 Å². The first-order valence-electron chi connectivity index (χ1n) is 11.0. The van der Waals surface area contributed by atoms with E-state index in [-0.39, 0.29) is 30.0 Å². The van der Waals surface area contributed by atoms with Gasteiger partial charge in [0.05, 0.1) is 11.9 Å². The lowest BCUT2D eigenvalue weighted by Crippen LogP contribution is -2.52. The topological polar surface area (TPSA) is 104 Å². The second-order valence-electron chi connectivity index (χ2n) is 8.66. The summed E-state index contributed by atoms with van der Waals surface area (Å²) >= 11 is 0. The summed E-state index contributed by atoms with van der Waals surface area (Å²) < 4.78 is 26.2. The number of aryl methyl sites for hydroxylation is 1. The lowest BCUT2D eigenvalue weighted by atomic mass is 10.1. The first-order chi connectivity index (χ1) is 15.8. The number of ketones is 1. The molecule has 9 heteroatoms. The van der Waals surface area contributed by atoms with Gasteiger partial charge in [0.1, 0.15) is 12.6 Å². The number of Topliss-reactive ketones (excluding diaryl/α,β-unsaturated/α-hetero) is 1. The number of rotatable bonds is 10. The van der Waals surface area contributed by atoms with Crippen molar-refractivity contribution in [3.63, 3.8) is 0 Å². The molecule has 0 saturated carbocycles. The fourth-order valence-corrected chi connectivity index (χ4v) is 4.29. The third kappa shape index (κ3) is 7.15. The van der Waals surface area contributed by atoms with Gasteiger partial charge in [-0.1, -0.05) is 36.4 Å². The Morgan fingerprint density at radius 2 is 1.65 bits per heavy atom. The number of sulfonamides is 1. The highest BCUT2D eigenvalue weighted by atomic mass is 32.2. The number of benzene rings is 2. The Morgan fingerprint density at radius 1 is 1.00 bits per heavy atom. The van der Waals surface area contributed by atoms with E-state index in [9.17, 15) is 22.8 Å². The molecule has 0 fully saturated rings. The first kappa shape index (κ1) is 27.0. The van der Waals surface area contributed by atoms with Gasteiger partial charge >= 0.3 is 0 Å². The van der Waals surface area contributed by atoms with Crippen molar-refractivity contribution < 1.29 is 22.8 Å². The predicted molar refractivity (Wildman–Crippen MR) is 133 cm³/mol. The van der Waals surface area contributed by atoms with Gasteiger partial charge < -0.3 is 10.2 Å². The van der Waals surface area contributed by atoms with Crippen molar-refractivity contribution in [2.45, 2.75) is 53.2 Å². The monoisotopic (exact) mass is 487 g/mol. The number of amides is 2. The van der Waals surface area contributed by atoms with Gasteiger partial charge in [-0.25, -0.2) is 8.42 Å². The Morgan fingerprint density at radius 3 is 2.21 bits per heavy atom. The van der Waals surface area contributed by atoms with Crippen LogP contribution < -0.4 is 9.62 Å². The average molecular weight is 488 g/mol. The van der Waals surface area contributed by atoms with Crippen molar-refractivity contribution in [1.82, 2.24) is 10.2 Å². The maximum Gasteiger partial charge on any atom is 0.244 e. The Balaban J connectivity index is 2.44. The van der Waals surface area contributed by atoms with Crippen LogP contribution in [0.1, 0.15) is 49.2 Å². The number of carbonyl (C=O) groups excluding carboxylic acids is 3. The van der Waals surface area contributed by atoms with Gasteiger partial charge in [-0.05, 0) is 57.9 Å². The zero-order valence-electron chi connectivity index (χ0n) is 20.5. The normalized spacial score (nSPS) is 12.2. The molecule has 0 saturated heterocycles. The highest BCUT2D eigenvalue weighted by molar-refractivity contribution is 7.92. The van der Waals surface area contributed by atoms with Gasteiger partial charge in [0.2, 0.25) is 21.8 Å². The number of carbonyl (C=O) groups is 3. The molecule has 34 heavy (non-hydrogen) atoms. The summed E-state index contributed by atoms with van der Waals surface area (Å²) in [5.74, 6) is -1.09. The van der Waals surface area contributed by atoms with Crippen LogP contribution in [-0.2, 0) is 26.2 Å². The van der Waals surface area contributed by atoms with E-state index in [1.807, 2.05) is 45.0 Å². The van der Waals surface area contributed by atoms with E-state index in [1.165, 1.54) is 24.0 Å². The smallest absolute Gasteiger partial charge is 0.244 e. The summed E-state index contributed by atoms with van der Waals surface area (Å²) in [5.41, 5.74) is 2.34. The second kappa shape index (κ2) is 11.3. The summed E-state index contributed by atoms with van der Waals surface area (Å²) in [4.78, 5) is 39.5. The Kier molecular flexibility index (Phi) is 8.98. The van der Waals surface area contributed by atoms with E-state index < -0.39 is 28.5 Å².